The minimum absolute atomic E-state index is 0.104. The molecule has 1 amide bonds. The number of carbonyl (C=O) groups excluding carboxylic acids is 1. The molecule has 7 nitrogen and oxygen atoms in total. The molecule has 4 rings (SSSR count). The number of thiophene rings is 1. The fourth-order valence-corrected chi connectivity index (χ4v) is 4.07. The summed E-state index contributed by atoms with van der Waals surface area (Å²) < 4.78 is 0. The number of aryl methyl sites for hydroxylation is 1. The van der Waals surface area contributed by atoms with Crippen LogP contribution in [-0.2, 0) is 0 Å². The van der Waals surface area contributed by atoms with E-state index in [0.717, 1.165) is 22.5 Å². The van der Waals surface area contributed by atoms with Crippen LogP contribution >= 0.6 is 11.3 Å². The highest BCUT2D eigenvalue weighted by Crippen LogP contribution is 2.42. The molecule has 0 radical (unpaired) electrons. The minimum atomic E-state index is -0.391. The zero-order valence-electron chi connectivity index (χ0n) is 15.4. The summed E-state index contributed by atoms with van der Waals surface area (Å²) in [5.41, 5.74) is 15.2. The van der Waals surface area contributed by atoms with Gasteiger partial charge in [0.1, 0.15) is 33.0 Å². The van der Waals surface area contributed by atoms with E-state index in [-0.39, 0.29) is 17.1 Å². The van der Waals surface area contributed by atoms with E-state index in [1.54, 1.807) is 12.3 Å². The molecule has 0 fully saturated rings. The number of hydrogen-bond donors (Lipinski definition) is 3. The number of rotatable bonds is 3. The Kier molecular flexibility index (Phi) is 4.58. The molecule has 0 aliphatic carbocycles. The van der Waals surface area contributed by atoms with Crippen molar-refractivity contribution in [2.45, 2.75) is 6.92 Å². The molecule has 0 aliphatic rings. The third kappa shape index (κ3) is 3.24. The second-order valence-electron chi connectivity index (χ2n) is 6.42. The van der Waals surface area contributed by atoms with E-state index in [0.29, 0.717) is 26.5 Å². The van der Waals surface area contributed by atoms with Crippen molar-refractivity contribution in [3.05, 3.63) is 64.7 Å². The zero-order valence-corrected chi connectivity index (χ0v) is 16.2. The van der Waals surface area contributed by atoms with E-state index >= 15 is 0 Å². The molecule has 0 bridgehead atoms. The summed E-state index contributed by atoms with van der Waals surface area (Å²) in [5, 5.41) is 12.9. The van der Waals surface area contributed by atoms with Gasteiger partial charge in [0.15, 0.2) is 0 Å². The fourth-order valence-electron chi connectivity index (χ4n) is 3.06. The molecule has 0 saturated heterocycles. The molecule has 29 heavy (non-hydrogen) atoms. The van der Waals surface area contributed by atoms with Gasteiger partial charge in [0.2, 0.25) is 0 Å². The van der Waals surface area contributed by atoms with Gasteiger partial charge in [-0.05, 0) is 24.1 Å². The third-order valence-electron chi connectivity index (χ3n) is 4.44. The largest absolute Gasteiger partial charge is 0.397 e. The summed E-state index contributed by atoms with van der Waals surface area (Å²) in [6.07, 6.45) is 1.67. The molecule has 0 spiro atoms. The van der Waals surface area contributed by atoms with E-state index in [2.05, 4.69) is 21.4 Å². The van der Waals surface area contributed by atoms with E-state index in [1.807, 2.05) is 43.3 Å². The van der Waals surface area contributed by atoms with Gasteiger partial charge in [0, 0.05) is 17.1 Å². The van der Waals surface area contributed by atoms with Crippen LogP contribution in [0.1, 0.15) is 20.8 Å². The quantitative estimate of drug-likeness (QED) is 0.477. The lowest BCUT2D eigenvalue weighted by molar-refractivity contribution is 0.103. The molecule has 1 aromatic carbocycles. The number of nitriles is 1. The van der Waals surface area contributed by atoms with E-state index < -0.39 is 5.91 Å². The number of pyridine rings is 2. The molecular formula is C21H16N6OS. The number of aromatic nitrogens is 2. The van der Waals surface area contributed by atoms with Gasteiger partial charge in [-0.15, -0.1) is 11.3 Å². The van der Waals surface area contributed by atoms with Crippen LogP contribution in [0.3, 0.4) is 0 Å². The smallest absolute Gasteiger partial charge is 0.269 e. The summed E-state index contributed by atoms with van der Waals surface area (Å²) in [6.45, 7) is 1.91. The molecule has 0 atom stereocenters. The van der Waals surface area contributed by atoms with Gasteiger partial charge in [-0.3, -0.25) is 4.79 Å². The van der Waals surface area contributed by atoms with Gasteiger partial charge in [0.05, 0.1) is 5.69 Å². The van der Waals surface area contributed by atoms with Gasteiger partial charge in [-0.2, -0.15) is 5.26 Å². The average molecular weight is 400 g/mol. The summed E-state index contributed by atoms with van der Waals surface area (Å²) in [6, 6.07) is 15.0. The molecule has 5 N–H and O–H groups in total. The number of fused-ring (bicyclic) bond motifs is 1. The maximum atomic E-state index is 12.8. The third-order valence-corrected chi connectivity index (χ3v) is 5.54. The highest BCUT2D eigenvalue weighted by Gasteiger charge is 2.24. The number of hydrogen-bond acceptors (Lipinski definition) is 7. The summed E-state index contributed by atoms with van der Waals surface area (Å²) in [7, 11) is 0. The molecule has 142 valence electrons. The Labute approximate surface area is 170 Å². The Hall–Kier alpha value is -3.96. The van der Waals surface area contributed by atoms with Gasteiger partial charge in [-0.1, -0.05) is 36.4 Å². The number of nitrogens with one attached hydrogen (secondary N) is 1. The predicted molar refractivity (Wildman–Crippen MR) is 116 cm³/mol. The van der Waals surface area contributed by atoms with Gasteiger partial charge in [-0.25, -0.2) is 9.97 Å². The fraction of sp³-hybridized carbons (Fsp3) is 0.0476. The summed E-state index contributed by atoms with van der Waals surface area (Å²) in [4.78, 5) is 22.1. The molecular weight excluding hydrogens is 384 g/mol. The standard InChI is InChI=1S/C21H16N6OS/c1-11-7-8-14(25-10-11)26-20(28)18-17(23)16-15(12-5-3-2-4-6-12)13(9-22)19(24)27-21(16)29-18/h2-8,10H,23H2,1H3,(H2,24,27)(H,25,26,28). The Morgan fingerprint density at radius 3 is 2.59 bits per heavy atom. The molecule has 3 aromatic heterocycles. The highest BCUT2D eigenvalue weighted by molar-refractivity contribution is 7.21. The first-order valence-corrected chi connectivity index (χ1v) is 9.52. The second kappa shape index (κ2) is 7.22. The lowest BCUT2D eigenvalue weighted by Crippen LogP contribution is -2.13. The topological polar surface area (TPSA) is 131 Å². The van der Waals surface area contributed by atoms with E-state index in [9.17, 15) is 10.1 Å². The molecule has 8 heteroatoms. The van der Waals surface area contributed by atoms with Crippen molar-refractivity contribution < 1.29 is 4.79 Å². The monoisotopic (exact) mass is 400 g/mol. The average Bonchev–Trinajstić information content (AvgIpc) is 3.05. The van der Waals surface area contributed by atoms with Crippen LogP contribution in [0.25, 0.3) is 21.3 Å². The maximum absolute atomic E-state index is 12.8. The van der Waals surface area contributed by atoms with Crippen LogP contribution in [0.2, 0.25) is 0 Å². The Morgan fingerprint density at radius 1 is 1.17 bits per heavy atom. The van der Waals surface area contributed by atoms with E-state index in [1.165, 1.54) is 0 Å². The lowest BCUT2D eigenvalue weighted by atomic mass is 9.97. The van der Waals surface area contributed by atoms with Crippen molar-refractivity contribution in [3.63, 3.8) is 0 Å². The SMILES string of the molecule is Cc1ccc(NC(=O)c2sc3nc(N)c(C#N)c(-c4ccccc4)c3c2N)nc1. The van der Waals surface area contributed by atoms with Gasteiger partial charge in [0.25, 0.3) is 5.91 Å². The zero-order chi connectivity index (χ0) is 20.5. The molecule has 3 heterocycles. The number of anilines is 3. The first kappa shape index (κ1) is 18.4. The van der Waals surface area contributed by atoms with Crippen LogP contribution in [-0.4, -0.2) is 15.9 Å². The summed E-state index contributed by atoms with van der Waals surface area (Å²) >= 11 is 1.13. The Bertz CT molecular complexity index is 1270. The van der Waals surface area contributed by atoms with Crippen LogP contribution in [0, 0.1) is 18.3 Å². The van der Waals surface area contributed by atoms with Gasteiger partial charge < -0.3 is 16.8 Å². The lowest BCUT2D eigenvalue weighted by Gasteiger charge is -2.09. The van der Waals surface area contributed by atoms with E-state index in [4.69, 9.17) is 11.5 Å². The van der Waals surface area contributed by atoms with Crippen molar-refractivity contribution in [1.82, 2.24) is 9.97 Å². The van der Waals surface area contributed by atoms with Crippen molar-refractivity contribution in [3.8, 4) is 17.2 Å². The predicted octanol–water partition coefficient (Wildman–Crippen LogP) is 3.96. The maximum Gasteiger partial charge on any atom is 0.269 e. The normalized spacial score (nSPS) is 10.6. The highest BCUT2D eigenvalue weighted by atomic mass is 32.1. The number of carbonyl (C=O) groups is 1. The number of benzene rings is 1. The number of nitrogens with zero attached hydrogens (tertiary/aromatic N) is 3. The first-order valence-electron chi connectivity index (χ1n) is 8.70. The van der Waals surface area contributed by atoms with Crippen molar-refractivity contribution in [1.29, 1.82) is 5.26 Å². The van der Waals surface area contributed by atoms with Crippen LogP contribution in [0.5, 0.6) is 0 Å². The number of amides is 1. The molecule has 4 aromatic rings. The van der Waals surface area contributed by atoms with Crippen molar-refractivity contribution >= 4 is 44.8 Å². The first-order chi connectivity index (χ1) is 14.0. The van der Waals surface area contributed by atoms with Crippen molar-refractivity contribution in [2.75, 3.05) is 16.8 Å². The van der Waals surface area contributed by atoms with Crippen LogP contribution < -0.4 is 16.8 Å². The second-order valence-corrected chi connectivity index (χ2v) is 7.42. The molecule has 0 unspecified atom stereocenters. The molecule has 0 aliphatic heterocycles. The number of nitrogens with two attached hydrogens (primary N) is 2. The summed E-state index contributed by atoms with van der Waals surface area (Å²) in [5.74, 6) is 0.135. The molecule has 0 saturated carbocycles. The Morgan fingerprint density at radius 2 is 1.93 bits per heavy atom. The van der Waals surface area contributed by atoms with Gasteiger partial charge >= 0.3 is 0 Å². The van der Waals surface area contributed by atoms with Crippen LogP contribution in [0.4, 0.5) is 17.3 Å². The number of nitrogen functional groups attached to an aromatic ring is 2. The van der Waals surface area contributed by atoms with Crippen molar-refractivity contribution in [2.24, 2.45) is 0 Å². The Balaban J connectivity index is 1.88. The van der Waals surface area contributed by atoms with Crippen LogP contribution in [0.15, 0.2) is 48.7 Å². The minimum Gasteiger partial charge on any atom is -0.397 e.